The van der Waals surface area contributed by atoms with E-state index in [0.29, 0.717) is 31.4 Å². The van der Waals surface area contributed by atoms with Crippen LogP contribution in [-0.2, 0) is 34.6 Å². The van der Waals surface area contributed by atoms with Gasteiger partial charge in [-0.1, -0.05) is 50.1 Å². The van der Waals surface area contributed by atoms with Crippen LogP contribution in [0.4, 0.5) is 39.5 Å². The molecule has 0 N–H and O–H groups in total. The summed E-state index contributed by atoms with van der Waals surface area (Å²) < 4.78 is 118. The van der Waals surface area contributed by atoms with Gasteiger partial charge in [-0.3, -0.25) is 9.69 Å². The number of esters is 1. The minimum Gasteiger partial charge on any atom is -0.466 e. The summed E-state index contributed by atoms with van der Waals surface area (Å²) in [6, 6.07) is 8.21. The van der Waals surface area contributed by atoms with Gasteiger partial charge in [-0.2, -0.15) is 39.5 Å². The molecular formula is C28H34F9NO2. The van der Waals surface area contributed by atoms with Gasteiger partial charge in [0, 0.05) is 19.5 Å². The van der Waals surface area contributed by atoms with E-state index in [9.17, 15) is 44.3 Å². The highest BCUT2D eigenvalue weighted by atomic mass is 19.4. The third-order valence-electron chi connectivity index (χ3n) is 5.93. The lowest BCUT2D eigenvalue weighted by Crippen LogP contribution is -2.39. The molecule has 1 aliphatic rings. The number of benzene rings is 2. The Balaban J connectivity index is 0.000000409. The molecule has 1 aliphatic heterocycles. The second-order valence-corrected chi connectivity index (χ2v) is 9.06. The molecule has 1 heterocycles. The maximum atomic E-state index is 13.2. The largest absolute Gasteiger partial charge is 0.466 e. The number of nitrogens with zero attached hydrogens (tertiary/aromatic N) is 1. The summed E-state index contributed by atoms with van der Waals surface area (Å²) in [5, 5.41) is 0. The molecule has 3 nitrogen and oxygen atoms in total. The Morgan fingerprint density at radius 1 is 0.850 bits per heavy atom. The van der Waals surface area contributed by atoms with Crippen molar-refractivity contribution in [1.29, 1.82) is 0 Å². The first-order chi connectivity index (χ1) is 18.5. The van der Waals surface area contributed by atoms with E-state index >= 15 is 0 Å². The van der Waals surface area contributed by atoms with Crippen molar-refractivity contribution in [3.63, 3.8) is 0 Å². The van der Waals surface area contributed by atoms with Crippen molar-refractivity contribution in [2.45, 2.75) is 84.0 Å². The predicted molar refractivity (Wildman–Crippen MR) is 133 cm³/mol. The zero-order chi connectivity index (χ0) is 30.6. The van der Waals surface area contributed by atoms with Crippen LogP contribution in [0.3, 0.4) is 0 Å². The summed E-state index contributed by atoms with van der Waals surface area (Å²) in [5.74, 6) is -0.211. The summed E-state index contributed by atoms with van der Waals surface area (Å²) in [5.41, 5.74) is -2.90. The van der Waals surface area contributed by atoms with Crippen molar-refractivity contribution >= 4 is 5.97 Å². The lowest BCUT2D eigenvalue weighted by atomic mass is 9.96. The smallest absolute Gasteiger partial charge is 0.416 e. The number of piperidine rings is 1. The SMILES string of the molecule is CCCC1CCCCN1Cc1cc(C(F)(F)F)ccc1C(F)(F)F.CCOC(C)=O.FC(F)(F)c1ccccc1. The number of hydrogen-bond acceptors (Lipinski definition) is 3. The molecule has 0 aromatic heterocycles. The fourth-order valence-electron chi connectivity index (χ4n) is 4.15. The number of halogens is 9. The molecule has 2 aromatic carbocycles. The summed E-state index contributed by atoms with van der Waals surface area (Å²) in [4.78, 5) is 11.7. The van der Waals surface area contributed by atoms with Crippen molar-refractivity contribution in [1.82, 2.24) is 4.90 Å². The Labute approximate surface area is 228 Å². The third-order valence-corrected chi connectivity index (χ3v) is 5.93. The second-order valence-electron chi connectivity index (χ2n) is 9.06. The number of alkyl halides is 9. The molecule has 2 aromatic rings. The molecule has 3 rings (SSSR count). The zero-order valence-corrected chi connectivity index (χ0v) is 22.5. The van der Waals surface area contributed by atoms with Crippen molar-refractivity contribution in [3.05, 3.63) is 70.8 Å². The number of likely N-dealkylation sites (tertiary alicyclic amines) is 1. The van der Waals surface area contributed by atoms with E-state index in [1.54, 1.807) is 13.0 Å². The molecule has 1 fully saturated rings. The number of carbonyl (C=O) groups is 1. The number of carbonyl (C=O) groups excluding carboxylic acids is 1. The first kappa shape index (κ1) is 35.3. The van der Waals surface area contributed by atoms with Crippen LogP contribution in [0.25, 0.3) is 0 Å². The summed E-state index contributed by atoms with van der Waals surface area (Å²) in [6.45, 7) is 6.18. The van der Waals surface area contributed by atoms with Crippen LogP contribution < -0.4 is 0 Å². The van der Waals surface area contributed by atoms with E-state index in [4.69, 9.17) is 0 Å². The fourth-order valence-corrected chi connectivity index (χ4v) is 4.15. The zero-order valence-electron chi connectivity index (χ0n) is 22.5. The molecule has 1 unspecified atom stereocenters. The summed E-state index contributed by atoms with van der Waals surface area (Å²) >= 11 is 0. The van der Waals surface area contributed by atoms with Gasteiger partial charge in [-0.15, -0.1) is 0 Å². The Bertz CT molecular complexity index is 1020. The van der Waals surface area contributed by atoms with Gasteiger partial charge in [0.05, 0.1) is 23.3 Å². The van der Waals surface area contributed by atoms with Crippen LogP contribution in [0.15, 0.2) is 48.5 Å². The van der Waals surface area contributed by atoms with Gasteiger partial charge in [0.2, 0.25) is 0 Å². The molecule has 0 spiro atoms. The van der Waals surface area contributed by atoms with Gasteiger partial charge in [0.15, 0.2) is 0 Å². The van der Waals surface area contributed by atoms with Crippen LogP contribution in [0.2, 0.25) is 0 Å². The minimum atomic E-state index is -4.66. The molecule has 0 aliphatic carbocycles. The van der Waals surface area contributed by atoms with Crippen molar-refractivity contribution in [2.75, 3.05) is 13.2 Å². The average molecular weight is 588 g/mol. The van der Waals surface area contributed by atoms with Crippen LogP contribution in [-0.4, -0.2) is 30.1 Å². The Morgan fingerprint density at radius 3 is 1.88 bits per heavy atom. The lowest BCUT2D eigenvalue weighted by Gasteiger charge is -2.36. The van der Waals surface area contributed by atoms with Crippen LogP contribution >= 0.6 is 0 Å². The lowest BCUT2D eigenvalue weighted by molar-refractivity contribution is -0.142. The highest BCUT2D eigenvalue weighted by molar-refractivity contribution is 5.65. The first-order valence-corrected chi connectivity index (χ1v) is 12.8. The standard InChI is InChI=1S/C17H21F6N.C7H5F3.C4H8O2/c1-2-5-14-6-3-4-9-24(14)11-12-10-13(16(18,19)20)7-8-15(12)17(21,22)23;8-7(9,10)6-4-2-1-3-5-6;1-3-6-4(2)5/h7-8,10,14H,2-6,9,11H2,1H3;1-5H;3H2,1-2H3. The van der Waals surface area contributed by atoms with Gasteiger partial charge < -0.3 is 4.74 Å². The Kier molecular flexibility index (Phi) is 14.0. The van der Waals surface area contributed by atoms with Crippen molar-refractivity contribution in [3.8, 4) is 0 Å². The molecule has 1 atom stereocenters. The molecular weight excluding hydrogens is 553 g/mol. The minimum absolute atomic E-state index is 0.0938. The second kappa shape index (κ2) is 15.9. The van der Waals surface area contributed by atoms with Crippen LogP contribution in [0.5, 0.6) is 0 Å². The quantitative estimate of drug-likeness (QED) is 0.258. The average Bonchev–Trinajstić information content (AvgIpc) is 2.85. The first-order valence-electron chi connectivity index (χ1n) is 12.8. The molecule has 0 amide bonds. The Morgan fingerprint density at radius 2 is 1.45 bits per heavy atom. The van der Waals surface area contributed by atoms with E-state index in [1.165, 1.54) is 19.1 Å². The van der Waals surface area contributed by atoms with E-state index in [-0.39, 0.29) is 24.1 Å². The fraction of sp³-hybridized carbons (Fsp3) is 0.536. The molecule has 0 saturated carbocycles. The molecule has 0 bridgehead atoms. The molecule has 1 saturated heterocycles. The van der Waals surface area contributed by atoms with Gasteiger partial charge in [0.1, 0.15) is 0 Å². The maximum absolute atomic E-state index is 13.2. The van der Waals surface area contributed by atoms with Crippen LogP contribution in [0.1, 0.15) is 75.1 Å². The van der Waals surface area contributed by atoms with Crippen molar-refractivity contribution in [2.24, 2.45) is 0 Å². The van der Waals surface area contributed by atoms with Crippen LogP contribution in [0, 0.1) is 0 Å². The van der Waals surface area contributed by atoms with Gasteiger partial charge in [0.25, 0.3) is 0 Å². The molecule has 226 valence electrons. The van der Waals surface area contributed by atoms with E-state index in [0.717, 1.165) is 44.2 Å². The summed E-state index contributed by atoms with van der Waals surface area (Å²) in [6.07, 6.45) is -9.01. The van der Waals surface area contributed by atoms with E-state index in [2.05, 4.69) is 4.74 Å². The van der Waals surface area contributed by atoms with Gasteiger partial charge in [-0.05, 0) is 56.5 Å². The topological polar surface area (TPSA) is 29.5 Å². The third kappa shape index (κ3) is 12.6. The number of rotatable bonds is 5. The van der Waals surface area contributed by atoms with E-state index < -0.39 is 35.2 Å². The van der Waals surface area contributed by atoms with Gasteiger partial charge in [-0.25, -0.2) is 0 Å². The summed E-state index contributed by atoms with van der Waals surface area (Å²) in [7, 11) is 0. The maximum Gasteiger partial charge on any atom is 0.416 e. The highest BCUT2D eigenvalue weighted by Gasteiger charge is 2.37. The normalized spacial score (nSPS) is 16.2. The van der Waals surface area contributed by atoms with Crippen molar-refractivity contribution < 1.29 is 49.0 Å². The van der Waals surface area contributed by atoms with Gasteiger partial charge >= 0.3 is 24.5 Å². The molecule has 12 heteroatoms. The number of ether oxygens (including phenoxy) is 1. The number of hydrogen-bond donors (Lipinski definition) is 0. The Hall–Kier alpha value is -2.76. The molecule has 40 heavy (non-hydrogen) atoms. The monoisotopic (exact) mass is 587 g/mol. The van der Waals surface area contributed by atoms with E-state index in [1.807, 2.05) is 11.8 Å². The predicted octanol–water partition coefficient (Wildman–Crippen LogP) is 9.15. The highest BCUT2D eigenvalue weighted by Crippen LogP contribution is 2.38. The molecule has 0 radical (unpaired) electrons.